The van der Waals surface area contributed by atoms with Crippen LogP contribution in [0.25, 0.3) is 21.8 Å². The lowest BCUT2D eigenvalue weighted by molar-refractivity contribution is -0.130. The zero-order valence-electron chi connectivity index (χ0n) is 20.1. The monoisotopic (exact) mass is 501 g/mol. The minimum Gasteiger partial charge on any atom is -0.343 e. The maximum atomic E-state index is 13.7. The molecule has 2 amide bonds. The van der Waals surface area contributed by atoms with E-state index in [2.05, 4.69) is 25.9 Å². The number of para-hydroxylation sites is 1. The number of nitrogens with two attached hydrogens (primary N) is 1. The predicted molar refractivity (Wildman–Crippen MR) is 139 cm³/mol. The fraction of sp³-hybridized carbons (Fsp3) is 0.269. The highest BCUT2D eigenvalue weighted by Crippen LogP contribution is 2.35. The van der Waals surface area contributed by atoms with Gasteiger partial charge >= 0.3 is 0 Å². The number of aryl methyl sites for hydroxylation is 1. The van der Waals surface area contributed by atoms with Crippen LogP contribution in [-0.4, -0.2) is 44.0 Å². The van der Waals surface area contributed by atoms with Gasteiger partial charge in [-0.25, -0.2) is 5.10 Å². The summed E-state index contributed by atoms with van der Waals surface area (Å²) >= 11 is 1.57. The highest BCUT2D eigenvalue weighted by atomic mass is 32.1. The molecule has 3 heterocycles. The number of aromatic nitrogens is 4. The molecule has 184 valence electrons. The van der Waals surface area contributed by atoms with E-state index < -0.39 is 11.6 Å². The SMILES string of the molecule is CC(C)(N)C(=O)N[C@@H]1CCc2ccccc2N(Cc2ccc(-c3ccsc3-c3nnn[nH]3)cc2)C1=O. The Bertz CT molecular complexity index is 1370. The van der Waals surface area contributed by atoms with Gasteiger partial charge in [-0.2, -0.15) is 0 Å². The minimum absolute atomic E-state index is 0.139. The first-order valence-corrected chi connectivity index (χ1v) is 12.6. The summed E-state index contributed by atoms with van der Waals surface area (Å²) in [6.07, 6.45) is 1.20. The summed E-state index contributed by atoms with van der Waals surface area (Å²) in [6.45, 7) is 3.65. The largest absolute Gasteiger partial charge is 0.343 e. The standard InChI is InChI=1S/C26H27N7O2S/c1-26(2,27)25(35)28-20-12-11-18-5-3-4-6-21(18)33(24(20)34)15-16-7-9-17(10-8-16)19-13-14-36-22(19)23-29-31-32-30-23/h3-10,13-14,20H,11-12,15,27H2,1-2H3,(H,28,35)(H,29,30,31,32)/t20-/m1/s1. The second kappa shape index (κ2) is 9.63. The Morgan fingerprint density at radius 2 is 1.97 bits per heavy atom. The van der Waals surface area contributed by atoms with Crippen molar-refractivity contribution in [3.8, 4) is 21.8 Å². The van der Waals surface area contributed by atoms with Crippen molar-refractivity contribution in [2.75, 3.05) is 4.90 Å². The molecule has 2 aromatic heterocycles. The van der Waals surface area contributed by atoms with Gasteiger partial charge in [0.05, 0.1) is 17.0 Å². The Balaban J connectivity index is 1.41. The average molecular weight is 502 g/mol. The van der Waals surface area contributed by atoms with E-state index in [4.69, 9.17) is 5.73 Å². The molecule has 36 heavy (non-hydrogen) atoms. The molecule has 10 heteroatoms. The minimum atomic E-state index is -1.07. The molecule has 0 bridgehead atoms. The molecular formula is C26H27N7O2S. The first kappa shape index (κ1) is 23.8. The maximum Gasteiger partial charge on any atom is 0.249 e. The number of amides is 2. The van der Waals surface area contributed by atoms with Gasteiger partial charge in [-0.15, -0.1) is 16.4 Å². The van der Waals surface area contributed by atoms with Gasteiger partial charge in [-0.05, 0) is 71.3 Å². The van der Waals surface area contributed by atoms with Crippen molar-refractivity contribution in [3.63, 3.8) is 0 Å². The number of carbonyl (C=O) groups is 2. The molecule has 4 aromatic rings. The number of nitrogens with one attached hydrogen (secondary N) is 2. The summed E-state index contributed by atoms with van der Waals surface area (Å²) < 4.78 is 0. The number of thiophene rings is 1. The third-order valence-corrected chi connectivity index (χ3v) is 7.19. The molecular weight excluding hydrogens is 474 g/mol. The van der Waals surface area contributed by atoms with Gasteiger partial charge in [0.15, 0.2) is 5.82 Å². The first-order valence-electron chi connectivity index (χ1n) is 11.7. The summed E-state index contributed by atoms with van der Waals surface area (Å²) in [5.41, 5.74) is 9.90. The second-order valence-electron chi connectivity index (χ2n) is 9.45. The van der Waals surface area contributed by atoms with E-state index in [0.717, 1.165) is 32.8 Å². The molecule has 0 unspecified atom stereocenters. The fourth-order valence-electron chi connectivity index (χ4n) is 4.30. The van der Waals surface area contributed by atoms with Crippen LogP contribution < -0.4 is 16.0 Å². The Labute approximate surface area is 212 Å². The fourth-order valence-corrected chi connectivity index (χ4v) is 5.16. The van der Waals surface area contributed by atoms with Crippen LogP contribution in [0.3, 0.4) is 0 Å². The Morgan fingerprint density at radius 3 is 2.69 bits per heavy atom. The lowest BCUT2D eigenvalue weighted by Crippen LogP contribution is -2.56. The molecule has 0 fully saturated rings. The summed E-state index contributed by atoms with van der Waals surface area (Å²) in [6, 6.07) is 17.4. The first-order chi connectivity index (χ1) is 17.3. The number of aromatic amines is 1. The van der Waals surface area contributed by atoms with Crippen molar-refractivity contribution in [2.45, 2.75) is 44.8 Å². The van der Waals surface area contributed by atoms with E-state index in [1.807, 2.05) is 60.0 Å². The van der Waals surface area contributed by atoms with Gasteiger partial charge in [0, 0.05) is 11.3 Å². The lowest BCUT2D eigenvalue weighted by atomic mass is 10.0. The Kier molecular flexibility index (Phi) is 6.38. The van der Waals surface area contributed by atoms with E-state index in [1.54, 1.807) is 30.1 Å². The number of hydrogen-bond donors (Lipinski definition) is 3. The van der Waals surface area contributed by atoms with Crippen LogP contribution >= 0.6 is 11.3 Å². The summed E-state index contributed by atoms with van der Waals surface area (Å²) in [7, 11) is 0. The van der Waals surface area contributed by atoms with E-state index in [9.17, 15) is 9.59 Å². The lowest BCUT2D eigenvalue weighted by Gasteiger charge is -2.28. The van der Waals surface area contributed by atoms with Crippen LogP contribution in [0.15, 0.2) is 60.0 Å². The van der Waals surface area contributed by atoms with Crippen molar-refractivity contribution in [2.24, 2.45) is 5.73 Å². The van der Waals surface area contributed by atoms with Gasteiger partial charge in [-0.3, -0.25) is 9.59 Å². The van der Waals surface area contributed by atoms with E-state index in [-0.39, 0.29) is 11.8 Å². The molecule has 1 aliphatic heterocycles. The third-order valence-electron chi connectivity index (χ3n) is 6.27. The van der Waals surface area contributed by atoms with Gasteiger partial charge < -0.3 is 16.0 Å². The van der Waals surface area contributed by atoms with Crippen molar-refractivity contribution in [1.82, 2.24) is 25.9 Å². The van der Waals surface area contributed by atoms with Crippen molar-refractivity contribution < 1.29 is 9.59 Å². The van der Waals surface area contributed by atoms with Gasteiger partial charge in [0.1, 0.15) is 6.04 Å². The highest BCUT2D eigenvalue weighted by Gasteiger charge is 2.34. The number of nitrogens with zero attached hydrogens (tertiary/aromatic N) is 4. The zero-order chi connectivity index (χ0) is 25.3. The van der Waals surface area contributed by atoms with E-state index >= 15 is 0 Å². The maximum absolute atomic E-state index is 13.7. The number of tetrazole rings is 1. The van der Waals surface area contributed by atoms with Gasteiger partial charge in [0.2, 0.25) is 11.8 Å². The van der Waals surface area contributed by atoms with Crippen molar-refractivity contribution in [1.29, 1.82) is 0 Å². The molecule has 5 rings (SSSR count). The van der Waals surface area contributed by atoms with Crippen molar-refractivity contribution in [3.05, 3.63) is 71.1 Å². The zero-order valence-corrected chi connectivity index (χ0v) is 20.9. The molecule has 2 aromatic carbocycles. The molecule has 0 saturated heterocycles. The van der Waals surface area contributed by atoms with Crippen LogP contribution in [0, 0.1) is 0 Å². The molecule has 1 aliphatic rings. The Hall–Kier alpha value is -3.89. The van der Waals surface area contributed by atoms with Gasteiger partial charge in [-0.1, -0.05) is 42.5 Å². The predicted octanol–water partition coefficient (Wildman–Crippen LogP) is 3.30. The number of anilines is 1. The number of carbonyl (C=O) groups excluding carboxylic acids is 2. The van der Waals surface area contributed by atoms with E-state index in [1.165, 1.54) is 0 Å². The summed E-state index contributed by atoms with van der Waals surface area (Å²) in [5, 5.41) is 19.1. The smallest absolute Gasteiger partial charge is 0.249 e. The summed E-state index contributed by atoms with van der Waals surface area (Å²) in [5.74, 6) is 0.147. The number of hydrogen-bond acceptors (Lipinski definition) is 7. The van der Waals surface area contributed by atoms with Gasteiger partial charge in [0.25, 0.3) is 0 Å². The molecule has 0 radical (unpaired) electrons. The van der Waals surface area contributed by atoms with Crippen molar-refractivity contribution >= 4 is 28.8 Å². The van der Waals surface area contributed by atoms with Crippen LogP contribution in [0.2, 0.25) is 0 Å². The normalized spacial score (nSPS) is 15.9. The molecule has 9 nitrogen and oxygen atoms in total. The topological polar surface area (TPSA) is 130 Å². The number of fused-ring (bicyclic) bond motifs is 1. The Morgan fingerprint density at radius 1 is 1.19 bits per heavy atom. The number of benzene rings is 2. The number of H-pyrrole nitrogens is 1. The average Bonchev–Trinajstić information content (AvgIpc) is 3.55. The van der Waals surface area contributed by atoms with E-state index in [0.29, 0.717) is 25.2 Å². The molecule has 0 spiro atoms. The van der Waals surface area contributed by atoms with Crippen LogP contribution in [0.4, 0.5) is 5.69 Å². The van der Waals surface area contributed by atoms with Crippen LogP contribution in [-0.2, 0) is 22.6 Å². The van der Waals surface area contributed by atoms with Crippen LogP contribution in [0.5, 0.6) is 0 Å². The third kappa shape index (κ3) is 4.77. The molecule has 4 N–H and O–H groups in total. The second-order valence-corrected chi connectivity index (χ2v) is 10.4. The molecule has 0 aliphatic carbocycles. The molecule has 1 atom stereocenters. The summed E-state index contributed by atoms with van der Waals surface area (Å²) in [4.78, 5) is 29.0. The quantitative estimate of drug-likeness (QED) is 0.372. The molecule has 0 saturated carbocycles. The highest BCUT2D eigenvalue weighted by molar-refractivity contribution is 7.14. The van der Waals surface area contributed by atoms with Crippen LogP contribution in [0.1, 0.15) is 31.4 Å². The number of rotatable bonds is 6.